The second kappa shape index (κ2) is 6.67. The molecule has 1 aliphatic heterocycles. The lowest BCUT2D eigenvalue weighted by Gasteiger charge is -2.16. The van der Waals surface area contributed by atoms with Gasteiger partial charge in [0.25, 0.3) is 5.91 Å². The average molecular weight is 347 g/mol. The minimum Gasteiger partial charge on any atom is -0.399 e. The number of nitrogens with two attached hydrogens (primary N) is 1. The van der Waals surface area contributed by atoms with Crippen molar-refractivity contribution < 1.29 is 9.59 Å². The van der Waals surface area contributed by atoms with Gasteiger partial charge in [-0.1, -0.05) is 24.3 Å². The van der Waals surface area contributed by atoms with Crippen LogP contribution in [0.5, 0.6) is 0 Å². The summed E-state index contributed by atoms with van der Waals surface area (Å²) in [6.45, 7) is 0.517. The summed E-state index contributed by atoms with van der Waals surface area (Å²) >= 11 is 0. The van der Waals surface area contributed by atoms with Gasteiger partial charge < -0.3 is 11.1 Å². The van der Waals surface area contributed by atoms with Crippen molar-refractivity contribution in [2.24, 2.45) is 0 Å². The van der Waals surface area contributed by atoms with Crippen molar-refractivity contribution in [2.75, 3.05) is 12.3 Å². The Morgan fingerprint density at radius 2 is 1.96 bits per heavy atom. The first-order valence-electron chi connectivity index (χ1n) is 8.93. The van der Waals surface area contributed by atoms with E-state index in [-0.39, 0.29) is 11.8 Å². The Hall–Kier alpha value is -3.08. The zero-order valence-corrected chi connectivity index (χ0v) is 14.5. The van der Waals surface area contributed by atoms with E-state index in [9.17, 15) is 9.59 Å². The second-order valence-electron chi connectivity index (χ2n) is 6.66. The van der Waals surface area contributed by atoms with Crippen molar-refractivity contribution in [3.63, 3.8) is 0 Å². The van der Waals surface area contributed by atoms with Gasteiger partial charge in [-0.05, 0) is 49.1 Å². The summed E-state index contributed by atoms with van der Waals surface area (Å²) in [5.41, 5.74) is 10.1. The quantitative estimate of drug-likeness (QED) is 0.712. The maximum Gasteiger partial charge on any atom is 0.251 e. The van der Waals surface area contributed by atoms with E-state index in [2.05, 4.69) is 11.4 Å². The van der Waals surface area contributed by atoms with Crippen LogP contribution in [0.25, 0.3) is 10.9 Å². The first-order valence-corrected chi connectivity index (χ1v) is 8.93. The number of anilines is 1. The summed E-state index contributed by atoms with van der Waals surface area (Å²) in [5.74, 6) is 0.0308. The molecule has 26 heavy (non-hydrogen) atoms. The number of benzene rings is 2. The molecule has 0 saturated heterocycles. The van der Waals surface area contributed by atoms with Gasteiger partial charge in [-0.2, -0.15) is 0 Å². The number of carbonyl (C=O) groups is 2. The van der Waals surface area contributed by atoms with E-state index < -0.39 is 0 Å². The van der Waals surface area contributed by atoms with Crippen molar-refractivity contribution in [3.05, 3.63) is 65.4 Å². The van der Waals surface area contributed by atoms with Crippen LogP contribution in [0.2, 0.25) is 0 Å². The number of fused-ring (bicyclic) bond motifs is 3. The summed E-state index contributed by atoms with van der Waals surface area (Å²) in [6.07, 6.45) is 3.08. The molecule has 1 aliphatic rings. The van der Waals surface area contributed by atoms with Crippen molar-refractivity contribution in [1.82, 2.24) is 9.88 Å². The molecule has 0 spiro atoms. The fourth-order valence-electron chi connectivity index (χ4n) is 3.79. The highest BCUT2D eigenvalue weighted by Gasteiger charge is 2.24. The fourth-order valence-corrected chi connectivity index (χ4v) is 3.79. The van der Waals surface area contributed by atoms with E-state index >= 15 is 0 Å². The molecule has 5 nitrogen and oxygen atoms in total. The van der Waals surface area contributed by atoms with Crippen molar-refractivity contribution in [3.8, 4) is 0 Å². The third-order valence-corrected chi connectivity index (χ3v) is 4.95. The molecule has 1 aromatic heterocycles. The number of carbonyl (C=O) groups excluding carboxylic acids is 2. The molecule has 132 valence electrons. The van der Waals surface area contributed by atoms with Crippen LogP contribution in [0.1, 0.15) is 39.3 Å². The van der Waals surface area contributed by atoms with Gasteiger partial charge in [0.15, 0.2) is 0 Å². The van der Waals surface area contributed by atoms with Crippen LogP contribution >= 0.6 is 0 Å². The number of rotatable bonds is 4. The molecule has 0 saturated carbocycles. The van der Waals surface area contributed by atoms with E-state index in [0.717, 1.165) is 29.4 Å². The Bertz CT molecular complexity index is 1000. The highest BCUT2D eigenvalue weighted by Crippen LogP contribution is 2.30. The largest absolute Gasteiger partial charge is 0.399 e. The number of amides is 1. The number of nitrogens with zero attached hydrogens (tertiary/aromatic N) is 1. The summed E-state index contributed by atoms with van der Waals surface area (Å²) < 4.78 is 1.87. The third kappa shape index (κ3) is 2.86. The minimum absolute atomic E-state index is 0.134. The molecular formula is C21H21N3O2. The molecule has 1 amide bonds. The van der Waals surface area contributed by atoms with Crippen molar-refractivity contribution >= 4 is 28.4 Å². The van der Waals surface area contributed by atoms with Crippen molar-refractivity contribution in [1.29, 1.82) is 0 Å². The number of nitrogen functional groups attached to an aromatic ring is 1. The zero-order chi connectivity index (χ0) is 18.1. The van der Waals surface area contributed by atoms with Gasteiger partial charge in [-0.15, -0.1) is 0 Å². The van der Waals surface area contributed by atoms with Crippen LogP contribution < -0.4 is 11.1 Å². The number of hydrogen-bond acceptors (Lipinski definition) is 3. The number of hydrogen-bond donors (Lipinski definition) is 2. The third-order valence-electron chi connectivity index (χ3n) is 4.95. The van der Waals surface area contributed by atoms with Crippen LogP contribution in [-0.2, 0) is 12.8 Å². The van der Waals surface area contributed by atoms with E-state index in [1.165, 1.54) is 5.56 Å². The molecule has 0 fully saturated rings. The Kier molecular flexibility index (Phi) is 4.21. The van der Waals surface area contributed by atoms with Crippen LogP contribution in [0, 0.1) is 0 Å². The summed E-state index contributed by atoms with van der Waals surface area (Å²) in [7, 11) is 0. The molecule has 0 aliphatic carbocycles. The topological polar surface area (TPSA) is 77.1 Å². The summed E-state index contributed by atoms with van der Waals surface area (Å²) in [6, 6.07) is 15.0. The predicted octanol–water partition coefficient (Wildman–Crippen LogP) is 3.17. The van der Waals surface area contributed by atoms with Gasteiger partial charge in [0.2, 0.25) is 5.91 Å². The summed E-state index contributed by atoms with van der Waals surface area (Å²) in [5, 5.41) is 4.07. The van der Waals surface area contributed by atoms with Gasteiger partial charge in [-0.3, -0.25) is 14.2 Å². The first-order chi connectivity index (χ1) is 12.6. The van der Waals surface area contributed by atoms with Gasteiger partial charge in [0.1, 0.15) is 0 Å². The molecule has 0 unspecified atom stereocenters. The molecule has 2 aromatic carbocycles. The Labute approximate surface area is 151 Å². The Morgan fingerprint density at radius 1 is 1.12 bits per heavy atom. The van der Waals surface area contributed by atoms with Gasteiger partial charge >= 0.3 is 0 Å². The lowest BCUT2D eigenvalue weighted by Crippen LogP contribution is -2.26. The second-order valence-corrected chi connectivity index (χ2v) is 6.66. The zero-order valence-electron chi connectivity index (χ0n) is 14.5. The van der Waals surface area contributed by atoms with E-state index in [4.69, 9.17) is 5.73 Å². The molecular weight excluding hydrogens is 326 g/mol. The predicted molar refractivity (Wildman–Crippen MR) is 102 cm³/mol. The maximum absolute atomic E-state index is 12.4. The highest BCUT2D eigenvalue weighted by molar-refractivity contribution is 5.97. The maximum atomic E-state index is 12.4. The molecule has 3 N–H and O–H groups in total. The minimum atomic E-state index is -0.134. The Balaban J connectivity index is 1.56. The lowest BCUT2D eigenvalue weighted by molar-refractivity contribution is 0.0887. The normalized spacial score (nSPS) is 13.6. The Morgan fingerprint density at radius 3 is 2.81 bits per heavy atom. The number of nitrogens with one attached hydrogen (secondary N) is 1. The van der Waals surface area contributed by atoms with Crippen LogP contribution in [-0.4, -0.2) is 22.9 Å². The van der Waals surface area contributed by atoms with Crippen molar-refractivity contribution in [2.45, 2.75) is 25.7 Å². The molecule has 0 radical (unpaired) electrons. The molecule has 0 bridgehead atoms. The lowest BCUT2D eigenvalue weighted by atomic mass is 10.0. The van der Waals surface area contributed by atoms with Gasteiger partial charge in [0.05, 0.1) is 5.52 Å². The molecule has 4 rings (SSSR count). The monoisotopic (exact) mass is 347 g/mol. The number of para-hydroxylation sites is 1. The van der Waals surface area contributed by atoms with E-state index in [1.54, 1.807) is 24.3 Å². The standard InChI is InChI=1S/C21H21N3O2/c22-15-6-3-5-14(13-15)21(26)23-12-11-17-16-7-1-2-8-18(16)24-19(17)9-4-10-20(24)25/h1-3,5-8,13H,4,9-12,22H2,(H,23,26). The van der Waals surface area contributed by atoms with Gasteiger partial charge in [0, 0.05) is 35.3 Å². The fraction of sp³-hybridized carbons (Fsp3) is 0.238. The van der Waals surface area contributed by atoms with E-state index in [0.29, 0.717) is 30.6 Å². The smallest absolute Gasteiger partial charge is 0.251 e. The summed E-state index contributed by atoms with van der Waals surface area (Å²) in [4.78, 5) is 24.7. The van der Waals surface area contributed by atoms with Crippen LogP contribution in [0.3, 0.4) is 0 Å². The molecule has 3 aromatic rings. The van der Waals surface area contributed by atoms with Crippen LogP contribution in [0.4, 0.5) is 5.69 Å². The molecule has 5 heteroatoms. The molecule has 0 atom stereocenters. The van der Waals surface area contributed by atoms with Gasteiger partial charge in [-0.25, -0.2) is 0 Å². The first kappa shape index (κ1) is 16.4. The highest BCUT2D eigenvalue weighted by atomic mass is 16.2. The molecule has 2 heterocycles. The number of aromatic nitrogens is 1. The van der Waals surface area contributed by atoms with E-state index in [1.807, 2.05) is 22.8 Å². The SMILES string of the molecule is Nc1cccc(C(=O)NCCc2c3n(c4ccccc24)C(=O)CCC3)c1. The van der Waals surface area contributed by atoms with Crippen LogP contribution in [0.15, 0.2) is 48.5 Å². The average Bonchev–Trinajstić information content (AvgIpc) is 2.97.